The van der Waals surface area contributed by atoms with Crippen molar-refractivity contribution in [2.24, 2.45) is 0 Å². The van der Waals surface area contributed by atoms with Crippen molar-refractivity contribution in [2.75, 3.05) is 20.6 Å². The van der Waals surface area contributed by atoms with E-state index in [1.807, 2.05) is 19.0 Å². The summed E-state index contributed by atoms with van der Waals surface area (Å²) in [7, 11) is 3.76. The maximum atomic E-state index is 9.08. The highest BCUT2D eigenvalue weighted by Crippen LogP contribution is 2.11. The van der Waals surface area contributed by atoms with Gasteiger partial charge in [0.15, 0.2) is 0 Å². The Bertz CT molecular complexity index is 138. The summed E-state index contributed by atoms with van der Waals surface area (Å²) in [6, 6.07) is 0. The summed E-state index contributed by atoms with van der Waals surface area (Å²) in [6.07, 6.45) is 0. The largest absolute Gasteiger partial charge is 0.382 e. The van der Waals surface area contributed by atoms with E-state index in [0.717, 1.165) is 0 Å². The molecule has 0 rings (SSSR count). The predicted octanol–water partition coefficient (Wildman–Crippen LogP) is 0.272. The molecule has 2 nitrogen and oxygen atoms in total. The minimum absolute atomic E-state index is 0.486. The maximum absolute atomic E-state index is 9.08. The molecule has 0 radical (unpaired) electrons. The van der Waals surface area contributed by atoms with Crippen LogP contribution in [0.5, 0.6) is 0 Å². The van der Waals surface area contributed by atoms with Gasteiger partial charge in [0.1, 0.15) is 5.85 Å². The van der Waals surface area contributed by atoms with Gasteiger partial charge in [0.2, 0.25) is 0 Å². The third-order valence-corrected chi connectivity index (χ3v) is 2.88. The van der Waals surface area contributed by atoms with Gasteiger partial charge in [-0.1, -0.05) is 0 Å². The number of hydrogen-bond donors (Lipinski definition) is 1. The van der Waals surface area contributed by atoms with E-state index >= 15 is 0 Å². The number of hydrogen-bond acceptors (Lipinski definition) is 4. The van der Waals surface area contributed by atoms with Crippen molar-refractivity contribution in [1.29, 1.82) is 0 Å². The van der Waals surface area contributed by atoms with Crippen molar-refractivity contribution < 1.29 is 5.11 Å². The molecule has 1 atom stereocenters. The van der Waals surface area contributed by atoms with Gasteiger partial charge >= 0.3 is 0 Å². The number of nitrogens with zero attached hydrogens (tertiary/aromatic N) is 1. The van der Waals surface area contributed by atoms with E-state index in [2.05, 4.69) is 0 Å². The molecule has 0 bridgehead atoms. The van der Waals surface area contributed by atoms with Crippen molar-refractivity contribution >= 4 is 29.1 Å². The van der Waals surface area contributed by atoms with Crippen molar-refractivity contribution in [3.63, 3.8) is 0 Å². The van der Waals surface area contributed by atoms with E-state index in [0.29, 0.717) is 6.54 Å². The summed E-state index contributed by atoms with van der Waals surface area (Å²) in [5.41, 5.74) is -1.01. The Labute approximate surface area is 66.0 Å². The maximum Gasteiger partial charge on any atom is 0.123 e. The lowest BCUT2D eigenvalue weighted by Crippen LogP contribution is -2.21. The molecule has 0 fully saturated rings. The van der Waals surface area contributed by atoms with Crippen LogP contribution in [0.4, 0.5) is 0 Å². The second-order valence-electron chi connectivity index (χ2n) is 2.03. The molecule has 0 aliphatic rings. The monoisotopic (exact) mass is 183 g/mol. The molecule has 1 N–H and O–H groups in total. The van der Waals surface area contributed by atoms with Gasteiger partial charge in [-0.05, 0) is 37.7 Å². The smallest absolute Gasteiger partial charge is 0.123 e. The van der Waals surface area contributed by atoms with Crippen molar-refractivity contribution in [2.45, 2.75) is 5.85 Å². The molecular weight excluding hydrogens is 173 g/mol. The van der Waals surface area contributed by atoms with Crippen LogP contribution in [0.1, 0.15) is 0 Å². The van der Waals surface area contributed by atoms with Crippen LogP contribution < -0.4 is 0 Å². The lowest BCUT2D eigenvalue weighted by molar-refractivity contribution is 0.211. The lowest BCUT2D eigenvalue weighted by Gasteiger charge is -2.10. The van der Waals surface area contributed by atoms with Crippen LogP contribution >= 0.6 is 5.47 Å². The Morgan fingerprint density at radius 3 is 2.11 bits per heavy atom. The minimum Gasteiger partial charge on any atom is -0.382 e. The Hall–Kier alpha value is 0.660. The summed E-state index contributed by atoms with van der Waals surface area (Å²) in [5.74, 6) is -0.486. The molecule has 0 saturated carbocycles. The number of aliphatic hydroxyl groups excluding tert-OH is 1. The second-order valence-corrected chi connectivity index (χ2v) is 6.25. The SMILES string of the molecule is CN(C)CC(O)P(=S)=S. The van der Waals surface area contributed by atoms with Crippen LogP contribution in [-0.2, 0) is 23.6 Å². The molecule has 9 heavy (non-hydrogen) atoms. The molecule has 0 amide bonds. The lowest BCUT2D eigenvalue weighted by atomic mass is 10.6. The van der Waals surface area contributed by atoms with Crippen molar-refractivity contribution in [3.8, 4) is 0 Å². The van der Waals surface area contributed by atoms with E-state index in [1.165, 1.54) is 0 Å². The second kappa shape index (κ2) is 4.47. The first kappa shape index (κ1) is 9.66. The van der Waals surface area contributed by atoms with E-state index in [9.17, 15) is 0 Å². The Morgan fingerprint density at radius 1 is 1.56 bits per heavy atom. The Balaban J connectivity index is 3.64. The molecule has 0 aromatic rings. The van der Waals surface area contributed by atoms with Gasteiger partial charge in [-0.15, -0.1) is 0 Å². The average molecular weight is 183 g/mol. The number of rotatable bonds is 3. The highest BCUT2D eigenvalue weighted by Gasteiger charge is 2.02. The fourth-order valence-electron chi connectivity index (χ4n) is 0.393. The number of likely N-dealkylation sites (N-methyl/N-ethyl adjacent to an activating group) is 1. The highest BCUT2D eigenvalue weighted by molar-refractivity contribution is 8.25. The average Bonchev–Trinajstić information content (AvgIpc) is 1.63. The van der Waals surface area contributed by atoms with Crippen molar-refractivity contribution in [3.05, 3.63) is 0 Å². The predicted molar refractivity (Wildman–Crippen MR) is 46.2 cm³/mol. The third-order valence-electron chi connectivity index (χ3n) is 0.772. The molecule has 0 saturated heterocycles. The quantitative estimate of drug-likeness (QED) is 0.635. The van der Waals surface area contributed by atoms with E-state index in [1.54, 1.807) is 0 Å². The zero-order valence-corrected chi connectivity index (χ0v) is 7.97. The highest BCUT2D eigenvalue weighted by atomic mass is 32.7. The summed E-state index contributed by atoms with van der Waals surface area (Å²) < 4.78 is 0. The van der Waals surface area contributed by atoms with Gasteiger partial charge in [0, 0.05) is 12.0 Å². The van der Waals surface area contributed by atoms with Crippen LogP contribution in [0.25, 0.3) is 0 Å². The van der Waals surface area contributed by atoms with Gasteiger partial charge in [0.05, 0.1) is 0 Å². The summed E-state index contributed by atoms with van der Waals surface area (Å²) in [4.78, 5) is 1.87. The molecule has 0 aromatic heterocycles. The van der Waals surface area contributed by atoms with Crippen LogP contribution in [0.15, 0.2) is 0 Å². The van der Waals surface area contributed by atoms with E-state index in [4.69, 9.17) is 28.7 Å². The minimum atomic E-state index is -1.01. The van der Waals surface area contributed by atoms with Gasteiger partial charge in [0.25, 0.3) is 0 Å². The van der Waals surface area contributed by atoms with E-state index in [-0.39, 0.29) is 0 Å². The van der Waals surface area contributed by atoms with Gasteiger partial charge < -0.3 is 10.0 Å². The first-order valence-corrected chi connectivity index (χ1v) is 5.94. The van der Waals surface area contributed by atoms with Gasteiger partial charge in [-0.25, -0.2) is 0 Å². The molecular formula is C4H10NOPS2. The summed E-state index contributed by atoms with van der Waals surface area (Å²) in [5, 5.41) is 9.08. The third kappa shape index (κ3) is 5.12. The topological polar surface area (TPSA) is 23.5 Å². The fourth-order valence-corrected chi connectivity index (χ4v) is 1.25. The van der Waals surface area contributed by atoms with Crippen LogP contribution in [0.2, 0.25) is 0 Å². The summed E-state index contributed by atoms with van der Waals surface area (Å²) in [6.45, 7) is 0.582. The van der Waals surface area contributed by atoms with Gasteiger partial charge in [-0.2, -0.15) is 0 Å². The molecule has 0 aliphatic heterocycles. The van der Waals surface area contributed by atoms with Crippen LogP contribution in [-0.4, -0.2) is 36.5 Å². The molecule has 0 heterocycles. The van der Waals surface area contributed by atoms with Crippen molar-refractivity contribution in [1.82, 2.24) is 4.90 Å². The molecule has 1 unspecified atom stereocenters. The zero-order chi connectivity index (χ0) is 7.44. The van der Waals surface area contributed by atoms with Gasteiger partial charge in [-0.3, -0.25) is 0 Å². The molecule has 5 heteroatoms. The zero-order valence-electron chi connectivity index (χ0n) is 5.44. The van der Waals surface area contributed by atoms with Crippen LogP contribution in [0, 0.1) is 0 Å². The first-order chi connectivity index (χ1) is 4.04. The Morgan fingerprint density at radius 2 is 2.00 bits per heavy atom. The summed E-state index contributed by atoms with van der Waals surface area (Å²) >= 11 is 9.45. The normalized spacial score (nSPS) is 13.8. The Kier molecular flexibility index (Phi) is 4.80. The molecule has 0 spiro atoms. The standard InChI is InChI=1S/C4H10NOPS2/c1-5(2)3-4(6)7(8)9/h4,6H,3H2,1-2H3. The molecule has 54 valence electrons. The van der Waals surface area contributed by atoms with Crippen LogP contribution in [0.3, 0.4) is 0 Å². The molecule has 0 aromatic carbocycles. The fraction of sp³-hybridized carbons (Fsp3) is 1.00. The number of aliphatic hydroxyl groups is 1. The van der Waals surface area contributed by atoms with E-state index < -0.39 is 11.3 Å². The first-order valence-electron chi connectivity index (χ1n) is 2.50. The molecule has 0 aliphatic carbocycles.